The van der Waals surface area contributed by atoms with Gasteiger partial charge in [0.15, 0.2) is 5.78 Å². The van der Waals surface area contributed by atoms with Crippen molar-refractivity contribution in [3.63, 3.8) is 0 Å². The maximum Gasteiger partial charge on any atom is 0.166 e. The molecular weight excluding hydrogens is 172 g/mol. The van der Waals surface area contributed by atoms with Crippen molar-refractivity contribution in [1.29, 1.82) is 0 Å². The van der Waals surface area contributed by atoms with Crippen molar-refractivity contribution >= 4 is 5.78 Å². The summed E-state index contributed by atoms with van der Waals surface area (Å²) < 4.78 is 0. The van der Waals surface area contributed by atoms with Crippen LogP contribution in [0.15, 0.2) is 24.3 Å². The fraction of sp³-hybridized carbons (Fsp3) is 0.462. The van der Waals surface area contributed by atoms with Gasteiger partial charge in [-0.05, 0) is 24.3 Å². The number of hydrogen-bond acceptors (Lipinski definition) is 1. The summed E-state index contributed by atoms with van der Waals surface area (Å²) in [6, 6.07) is 8.00. The van der Waals surface area contributed by atoms with E-state index >= 15 is 0 Å². The Morgan fingerprint density at radius 2 is 2.07 bits per heavy atom. The Balaban J connectivity index is 2.21. The average molecular weight is 188 g/mol. The number of rotatable bonds is 2. The Hall–Kier alpha value is -1.11. The van der Waals surface area contributed by atoms with Crippen molar-refractivity contribution in [1.82, 2.24) is 0 Å². The summed E-state index contributed by atoms with van der Waals surface area (Å²) in [5.74, 6) is 1.21. The largest absolute Gasteiger partial charge is 0.294 e. The van der Waals surface area contributed by atoms with Gasteiger partial charge in [-0.1, -0.05) is 38.1 Å². The molecule has 0 bridgehead atoms. The topological polar surface area (TPSA) is 17.1 Å². The van der Waals surface area contributed by atoms with Crippen LogP contribution < -0.4 is 0 Å². The normalized spacial score (nSPS) is 20.2. The van der Waals surface area contributed by atoms with Crippen LogP contribution in [0, 0.1) is 11.8 Å². The molecule has 1 aromatic rings. The molecule has 1 aromatic carbocycles. The summed E-state index contributed by atoms with van der Waals surface area (Å²) >= 11 is 0. The van der Waals surface area contributed by atoms with Crippen molar-refractivity contribution in [3.05, 3.63) is 35.4 Å². The first-order valence-corrected chi connectivity index (χ1v) is 5.30. The molecule has 0 radical (unpaired) electrons. The van der Waals surface area contributed by atoms with Crippen LogP contribution >= 0.6 is 0 Å². The molecule has 0 aromatic heterocycles. The fourth-order valence-corrected chi connectivity index (χ4v) is 2.28. The van der Waals surface area contributed by atoms with Gasteiger partial charge in [-0.3, -0.25) is 4.79 Å². The number of benzene rings is 1. The lowest BCUT2D eigenvalue weighted by molar-refractivity contribution is 0.0922. The van der Waals surface area contributed by atoms with Crippen LogP contribution in [0.2, 0.25) is 0 Å². The van der Waals surface area contributed by atoms with E-state index in [4.69, 9.17) is 0 Å². The lowest BCUT2D eigenvalue weighted by atomic mass is 9.94. The standard InChI is InChI=1S/C13H16O/c1-9(2)7-11-8-10-5-3-4-6-12(10)13(11)14/h3-6,9,11H,7-8H2,1-2H3/t11-/m0/s1. The number of carbonyl (C=O) groups is 1. The number of carbonyl (C=O) groups excluding carboxylic acids is 1. The summed E-state index contributed by atoms with van der Waals surface area (Å²) in [5.41, 5.74) is 2.20. The van der Waals surface area contributed by atoms with Crippen LogP contribution in [0.5, 0.6) is 0 Å². The van der Waals surface area contributed by atoms with E-state index in [9.17, 15) is 4.79 Å². The number of hydrogen-bond donors (Lipinski definition) is 0. The molecule has 1 heteroatoms. The second kappa shape index (κ2) is 3.56. The Bertz CT molecular complexity index is 352. The van der Waals surface area contributed by atoms with E-state index in [0.717, 1.165) is 18.4 Å². The average Bonchev–Trinajstić information content (AvgIpc) is 2.44. The molecule has 14 heavy (non-hydrogen) atoms. The molecule has 74 valence electrons. The number of ketones is 1. The van der Waals surface area contributed by atoms with Gasteiger partial charge >= 0.3 is 0 Å². The molecule has 1 aliphatic rings. The lowest BCUT2D eigenvalue weighted by Crippen LogP contribution is -2.11. The van der Waals surface area contributed by atoms with Crippen molar-refractivity contribution in [2.45, 2.75) is 26.7 Å². The second-order valence-electron chi connectivity index (χ2n) is 4.55. The summed E-state index contributed by atoms with van der Waals surface area (Å²) in [4.78, 5) is 11.9. The highest BCUT2D eigenvalue weighted by Gasteiger charge is 2.29. The van der Waals surface area contributed by atoms with E-state index in [1.807, 2.05) is 18.2 Å². The highest BCUT2D eigenvalue weighted by atomic mass is 16.1. The minimum atomic E-state index is 0.243. The summed E-state index contributed by atoms with van der Waals surface area (Å²) in [5, 5.41) is 0. The SMILES string of the molecule is CC(C)C[C@H]1Cc2ccccc2C1=O. The minimum absolute atomic E-state index is 0.243. The van der Waals surface area contributed by atoms with Gasteiger partial charge in [-0.25, -0.2) is 0 Å². The van der Waals surface area contributed by atoms with Crippen LogP contribution in [0.1, 0.15) is 36.2 Å². The van der Waals surface area contributed by atoms with Gasteiger partial charge in [0.25, 0.3) is 0 Å². The zero-order valence-corrected chi connectivity index (χ0v) is 8.79. The monoisotopic (exact) mass is 188 g/mol. The van der Waals surface area contributed by atoms with Crippen LogP contribution in [-0.2, 0) is 6.42 Å². The molecule has 1 aliphatic carbocycles. The van der Waals surface area contributed by atoms with Crippen LogP contribution in [-0.4, -0.2) is 5.78 Å². The molecule has 0 saturated heterocycles. The molecule has 0 saturated carbocycles. The second-order valence-corrected chi connectivity index (χ2v) is 4.55. The molecule has 1 atom stereocenters. The van der Waals surface area contributed by atoms with Crippen molar-refractivity contribution in [3.8, 4) is 0 Å². The Kier molecular flexibility index (Phi) is 2.40. The van der Waals surface area contributed by atoms with E-state index in [1.165, 1.54) is 5.56 Å². The summed E-state index contributed by atoms with van der Waals surface area (Å²) in [6.07, 6.45) is 1.97. The van der Waals surface area contributed by atoms with Gasteiger partial charge in [-0.2, -0.15) is 0 Å². The van der Waals surface area contributed by atoms with Crippen LogP contribution in [0.4, 0.5) is 0 Å². The highest BCUT2D eigenvalue weighted by Crippen LogP contribution is 2.30. The molecule has 2 rings (SSSR count). The smallest absolute Gasteiger partial charge is 0.166 e. The molecule has 1 nitrogen and oxygen atoms in total. The maximum absolute atomic E-state index is 11.9. The van der Waals surface area contributed by atoms with Crippen molar-refractivity contribution < 1.29 is 4.79 Å². The highest BCUT2D eigenvalue weighted by molar-refractivity contribution is 6.02. The minimum Gasteiger partial charge on any atom is -0.294 e. The van der Waals surface area contributed by atoms with Crippen molar-refractivity contribution in [2.75, 3.05) is 0 Å². The van der Waals surface area contributed by atoms with E-state index in [1.54, 1.807) is 0 Å². The molecule has 0 heterocycles. The Morgan fingerprint density at radius 1 is 1.36 bits per heavy atom. The maximum atomic E-state index is 11.9. The third kappa shape index (κ3) is 1.59. The quantitative estimate of drug-likeness (QED) is 0.697. The molecule has 0 fully saturated rings. The number of Topliss-reactive ketones (excluding diaryl/α,β-unsaturated/α-hetero) is 1. The molecule has 0 aliphatic heterocycles. The Labute approximate surface area is 85.1 Å². The predicted molar refractivity (Wildman–Crippen MR) is 57.4 cm³/mol. The van der Waals surface area contributed by atoms with Gasteiger partial charge in [-0.15, -0.1) is 0 Å². The van der Waals surface area contributed by atoms with Crippen LogP contribution in [0.3, 0.4) is 0 Å². The zero-order valence-electron chi connectivity index (χ0n) is 8.79. The summed E-state index contributed by atoms with van der Waals surface area (Å²) in [7, 11) is 0. The predicted octanol–water partition coefficient (Wildman–Crippen LogP) is 3.09. The van der Waals surface area contributed by atoms with Gasteiger partial charge in [0, 0.05) is 11.5 Å². The van der Waals surface area contributed by atoms with Gasteiger partial charge in [0.05, 0.1) is 0 Å². The number of fused-ring (bicyclic) bond motifs is 1. The van der Waals surface area contributed by atoms with Gasteiger partial charge in [0.2, 0.25) is 0 Å². The Morgan fingerprint density at radius 3 is 2.71 bits per heavy atom. The zero-order chi connectivity index (χ0) is 10.1. The van der Waals surface area contributed by atoms with Crippen molar-refractivity contribution in [2.24, 2.45) is 11.8 Å². The first-order valence-electron chi connectivity index (χ1n) is 5.30. The molecule has 0 N–H and O–H groups in total. The molecule has 0 unspecified atom stereocenters. The van der Waals surface area contributed by atoms with Crippen LogP contribution in [0.25, 0.3) is 0 Å². The van der Waals surface area contributed by atoms with Gasteiger partial charge < -0.3 is 0 Å². The molecule has 0 spiro atoms. The van der Waals surface area contributed by atoms with E-state index in [0.29, 0.717) is 11.7 Å². The first kappa shape index (κ1) is 9.45. The van der Waals surface area contributed by atoms with E-state index in [2.05, 4.69) is 19.9 Å². The third-order valence-corrected chi connectivity index (χ3v) is 2.88. The molecule has 0 amide bonds. The summed E-state index contributed by atoms with van der Waals surface area (Å²) in [6.45, 7) is 4.35. The van der Waals surface area contributed by atoms with Gasteiger partial charge in [0.1, 0.15) is 0 Å². The van der Waals surface area contributed by atoms with E-state index in [-0.39, 0.29) is 5.92 Å². The molecular formula is C13H16O. The fourth-order valence-electron chi connectivity index (χ4n) is 2.28. The van der Waals surface area contributed by atoms with E-state index < -0.39 is 0 Å². The first-order chi connectivity index (χ1) is 6.68. The lowest BCUT2D eigenvalue weighted by Gasteiger charge is -2.09. The third-order valence-electron chi connectivity index (χ3n) is 2.88.